The van der Waals surface area contributed by atoms with E-state index in [2.05, 4.69) is 9.97 Å². The van der Waals surface area contributed by atoms with Gasteiger partial charge in [-0.25, -0.2) is 4.98 Å². The second-order valence-corrected chi connectivity index (χ2v) is 6.21. The zero-order valence-electron chi connectivity index (χ0n) is 13.5. The van der Waals surface area contributed by atoms with E-state index >= 15 is 0 Å². The Balaban J connectivity index is 1.95. The van der Waals surface area contributed by atoms with Gasteiger partial charge in [-0.3, -0.25) is 4.79 Å². The predicted octanol–water partition coefficient (Wildman–Crippen LogP) is 1.17. The van der Waals surface area contributed by atoms with Crippen molar-refractivity contribution < 1.29 is 10.0 Å². The third-order valence-corrected chi connectivity index (χ3v) is 4.48. The molecule has 1 aliphatic heterocycles. The highest BCUT2D eigenvalue weighted by molar-refractivity contribution is 5.81. The number of benzene rings is 1. The summed E-state index contributed by atoms with van der Waals surface area (Å²) in [6, 6.07) is 8.96. The first-order valence-electron chi connectivity index (χ1n) is 8.34. The molecule has 0 aliphatic carbocycles. The van der Waals surface area contributed by atoms with Crippen molar-refractivity contribution in [3.05, 3.63) is 46.2 Å². The number of aromatic amines is 1. The molecule has 1 aromatic heterocycles. The number of aliphatic hydroxyl groups excluding tert-OH is 1. The van der Waals surface area contributed by atoms with Crippen molar-refractivity contribution in [2.24, 2.45) is 0 Å². The maximum atomic E-state index is 12.2. The molecule has 24 heavy (non-hydrogen) atoms. The molecular weight excluding hydrogens is 304 g/mol. The Hall–Kier alpha value is -2.65. The monoisotopic (exact) mass is 325 g/mol. The number of nitrogens with zero attached hydrogens (tertiary/aromatic N) is 2. The number of aromatic nitrogens is 2. The van der Waals surface area contributed by atoms with Crippen LogP contribution in [0.1, 0.15) is 31.5 Å². The van der Waals surface area contributed by atoms with Gasteiger partial charge >= 0.3 is 0 Å². The number of fused-ring (bicyclic) bond motifs is 1. The van der Waals surface area contributed by atoms with E-state index in [0.29, 0.717) is 17.4 Å². The second-order valence-electron chi connectivity index (χ2n) is 6.21. The third kappa shape index (κ3) is 3.47. The Morgan fingerprint density at radius 3 is 2.67 bits per heavy atom. The summed E-state index contributed by atoms with van der Waals surface area (Å²) in [6.07, 6.45) is 4.71. The third-order valence-electron chi connectivity index (χ3n) is 4.48. The van der Waals surface area contributed by atoms with Crippen LogP contribution in [0.25, 0.3) is 16.5 Å². The van der Waals surface area contributed by atoms with Gasteiger partial charge in [0.15, 0.2) is 11.6 Å². The van der Waals surface area contributed by atoms with E-state index in [4.69, 9.17) is 0 Å². The van der Waals surface area contributed by atoms with Crippen LogP contribution in [-0.2, 0) is 0 Å². The SMILES string of the molecule is N#CC(=C(O)C[NH+]1CCCCCC1)c1nc2ccccc2c(=O)[nH]1. The molecule has 0 atom stereocenters. The maximum absolute atomic E-state index is 12.2. The van der Waals surface area contributed by atoms with Crippen molar-refractivity contribution in [3.8, 4) is 6.07 Å². The highest BCUT2D eigenvalue weighted by Crippen LogP contribution is 2.14. The largest absolute Gasteiger partial charge is 0.506 e. The number of nitriles is 1. The number of nitrogens with one attached hydrogen (secondary N) is 2. The quantitative estimate of drug-likeness (QED) is 0.583. The normalized spacial score (nSPS) is 17.1. The molecule has 0 bridgehead atoms. The highest BCUT2D eigenvalue weighted by Gasteiger charge is 2.19. The lowest BCUT2D eigenvalue weighted by Gasteiger charge is -2.16. The van der Waals surface area contributed by atoms with Crippen molar-refractivity contribution in [2.45, 2.75) is 25.7 Å². The lowest BCUT2D eigenvalue weighted by atomic mass is 10.2. The van der Waals surface area contributed by atoms with Gasteiger partial charge < -0.3 is 15.0 Å². The predicted molar refractivity (Wildman–Crippen MR) is 91.6 cm³/mol. The number of H-pyrrole nitrogens is 1. The van der Waals surface area contributed by atoms with Gasteiger partial charge in [-0.1, -0.05) is 12.1 Å². The van der Waals surface area contributed by atoms with Crippen LogP contribution in [0.4, 0.5) is 0 Å². The minimum atomic E-state index is -0.307. The molecule has 0 amide bonds. The van der Waals surface area contributed by atoms with Gasteiger partial charge in [0.1, 0.15) is 18.2 Å². The first-order chi connectivity index (χ1) is 11.7. The van der Waals surface area contributed by atoms with Crippen LogP contribution >= 0.6 is 0 Å². The lowest BCUT2D eigenvalue weighted by Crippen LogP contribution is -3.12. The number of quaternary nitrogens is 1. The summed E-state index contributed by atoms with van der Waals surface area (Å²) in [7, 11) is 0. The van der Waals surface area contributed by atoms with E-state index < -0.39 is 0 Å². The molecular formula is C18H21N4O2+. The van der Waals surface area contributed by atoms with Crippen LogP contribution < -0.4 is 10.5 Å². The second kappa shape index (κ2) is 7.28. The van der Waals surface area contributed by atoms with Crippen LogP contribution in [0.2, 0.25) is 0 Å². The summed E-state index contributed by atoms with van der Waals surface area (Å²) in [4.78, 5) is 20.4. The van der Waals surface area contributed by atoms with Crippen molar-refractivity contribution in [1.29, 1.82) is 5.26 Å². The average molecular weight is 325 g/mol. The smallest absolute Gasteiger partial charge is 0.259 e. The lowest BCUT2D eigenvalue weighted by molar-refractivity contribution is -0.895. The molecule has 0 spiro atoms. The van der Waals surface area contributed by atoms with Crippen molar-refractivity contribution in [1.82, 2.24) is 9.97 Å². The Morgan fingerprint density at radius 1 is 1.25 bits per heavy atom. The number of likely N-dealkylation sites (tertiary alicyclic amines) is 1. The van der Waals surface area contributed by atoms with Crippen LogP contribution in [0.5, 0.6) is 0 Å². The van der Waals surface area contributed by atoms with Crippen LogP contribution in [0.3, 0.4) is 0 Å². The van der Waals surface area contributed by atoms with Gasteiger partial charge in [0.05, 0.1) is 24.0 Å². The van der Waals surface area contributed by atoms with Gasteiger partial charge in [0, 0.05) is 0 Å². The van der Waals surface area contributed by atoms with E-state index in [0.717, 1.165) is 25.9 Å². The van der Waals surface area contributed by atoms with Gasteiger partial charge in [-0.05, 0) is 37.8 Å². The number of aliphatic hydroxyl groups is 1. The first-order valence-corrected chi connectivity index (χ1v) is 8.34. The Morgan fingerprint density at radius 2 is 1.96 bits per heavy atom. The minimum Gasteiger partial charge on any atom is -0.506 e. The molecule has 0 unspecified atom stereocenters. The molecule has 1 aromatic carbocycles. The van der Waals surface area contributed by atoms with E-state index in [1.165, 1.54) is 17.7 Å². The fraction of sp³-hybridized carbons (Fsp3) is 0.389. The van der Waals surface area contributed by atoms with Crippen molar-refractivity contribution >= 4 is 16.5 Å². The topological polar surface area (TPSA) is 94.2 Å². The molecule has 2 aromatic rings. The van der Waals surface area contributed by atoms with E-state index in [1.54, 1.807) is 24.3 Å². The van der Waals surface area contributed by atoms with Crippen LogP contribution in [0.15, 0.2) is 34.8 Å². The molecule has 6 heteroatoms. The molecule has 1 saturated heterocycles. The van der Waals surface area contributed by atoms with Crippen LogP contribution in [-0.4, -0.2) is 34.7 Å². The van der Waals surface area contributed by atoms with Gasteiger partial charge in [-0.2, -0.15) is 5.26 Å². The van der Waals surface area contributed by atoms with Crippen molar-refractivity contribution in [3.63, 3.8) is 0 Å². The van der Waals surface area contributed by atoms with Gasteiger partial charge in [0.25, 0.3) is 5.56 Å². The Labute approximate surface area is 140 Å². The average Bonchev–Trinajstić information content (AvgIpc) is 2.84. The summed E-state index contributed by atoms with van der Waals surface area (Å²) < 4.78 is 0. The zero-order valence-corrected chi connectivity index (χ0v) is 13.5. The summed E-state index contributed by atoms with van der Waals surface area (Å²) in [5, 5.41) is 20.4. The fourth-order valence-corrected chi connectivity index (χ4v) is 3.19. The van der Waals surface area contributed by atoms with Gasteiger partial charge in [-0.15, -0.1) is 0 Å². The molecule has 6 nitrogen and oxygen atoms in total. The van der Waals surface area contributed by atoms with Crippen LogP contribution in [0, 0.1) is 11.3 Å². The number of hydrogen-bond donors (Lipinski definition) is 3. The maximum Gasteiger partial charge on any atom is 0.259 e. The van der Waals surface area contributed by atoms with E-state index in [1.807, 2.05) is 6.07 Å². The number of hydrogen-bond acceptors (Lipinski definition) is 4. The fourth-order valence-electron chi connectivity index (χ4n) is 3.19. The molecule has 0 radical (unpaired) electrons. The summed E-state index contributed by atoms with van der Waals surface area (Å²) in [5.41, 5.74) is 0.256. The standard InChI is InChI=1S/C18H20N4O2/c19-11-14(16(23)12-22-9-5-1-2-6-10-22)17-20-15-8-4-3-7-13(15)18(24)21-17/h3-4,7-8,23H,1-2,5-6,9-10,12H2,(H,20,21,24)/p+1. The first kappa shape index (κ1) is 16.2. The number of para-hydroxylation sites is 1. The van der Waals surface area contributed by atoms with Gasteiger partial charge in [0.2, 0.25) is 0 Å². The molecule has 1 aliphatic rings. The molecule has 124 valence electrons. The Kier molecular flexibility index (Phi) is 4.92. The minimum absolute atomic E-state index is 0.00664. The summed E-state index contributed by atoms with van der Waals surface area (Å²) >= 11 is 0. The highest BCUT2D eigenvalue weighted by atomic mass is 16.3. The summed E-state index contributed by atoms with van der Waals surface area (Å²) in [5.74, 6) is 0.126. The van der Waals surface area contributed by atoms with E-state index in [9.17, 15) is 15.2 Å². The van der Waals surface area contributed by atoms with E-state index in [-0.39, 0.29) is 22.7 Å². The Bertz CT molecular complexity index is 855. The zero-order chi connectivity index (χ0) is 16.9. The molecule has 0 saturated carbocycles. The number of allylic oxidation sites excluding steroid dienone is 1. The molecule has 3 rings (SSSR count). The van der Waals surface area contributed by atoms with Crippen molar-refractivity contribution in [2.75, 3.05) is 19.6 Å². The number of rotatable bonds is 3. The molecule has 3 N–H and O–H groups in total. The molecule has 2 heterocycles. The summed E-state index contributed by atoms with van der Waals surface area (Å²) in [6.45, 7) is 2.37. The molecule has 1 fully saturated rings.